The molecule has 7 aromatic heterocycles. The molecule has 0 radical (unpaired) electrons. The molecule has 0 aromatic carbocycles. The van der Waals surface area contributed by atoms with Gasteiger partial charge in [-0.25, -0.2) is 18.6 Å². The van der Waals surface area contributed by atoms with Gasteiger partial charge >= 0.3 is 41.2 Å². The molecule has 0 spiro atoms. The van der Waals surface area contributed by atoms with Crippen molar-refractivity contribution in [1.82, 2.24) is 0 Å². The van der Waals surface area contributed by atoms with Gasteiger partial charge in [-0.2, -0.15) is 0 Å². The largest absolute Gasteiger partial charge is 0.457 e. The van der Waals surface area contributed by atoms with E-state index in [1.807, 2.05) is 0 Å². The molecule has 18 N–H and O–H groups in total. The second-order valence-corrected chi connectivity index (χ2v) is 11.0. The number of pyridine rings is 7. The molecule has 7 heterocycles. The van der Waals surface area contributed by atoms with Crippen molar-refractivity contribution in [2.75, 3.05) is 0 Å². The van der Waals surface area contributed by atoms with E-state index < -0.39 is 10.2 Å². The Labute approximate surface area is 412 Å². The van der Waals surface area contributed by atoms with Crippen LogP contribution >= 0.6 is 0 Å². The second kappa shape index (κ2) is 37.8. The van der Waals surface area contributed by atoms with Crippen LogP contribution in [0.1, 0.15) is 0 Å². The summed E-state index contributed by atoms with van der Waals surface area (Å²) in [6, 6.07) is 32.4. The maximum atomic E-state index is 8.63. The van der Waals surface area contributed by atoms with Crippen molar-refractivity contribution in [2.45, 2.75) is 0 Å². The number of hydrogen-bond acceptors (Lipinski definition) is 18. The standard InChI is InChI=1S/7C5H5NO2.ClHO4.2H2O.2Pu/c7*7-5-3-1-2-4-6(5)8;2-1(3,4)5;;;;/h7*1-4,8H;(H,2,3,4,5);2*1H2;;/p+6. The maximum Gasteiger partial charge on any atom is 0.414 e. The number of rotatable bonds is 0. The average Bonchev–Trinajstić information content (AvgIpc) is 3.21. The maximum absolute atomic E-state index is 8.63. The molecule has 0 fully saturated rings. The topological polar surface area (TPSA) is 466 Å². The number of aromatic nitrogens is 7. The molecule has 0 bridgehead atoms. The minimum Gasteiger partial charge on any atom is -0.457 e. The third kappa shape index (κ3) is 35.4. The first-order chi connectivity index (χ1) is 28.6. The Kier molecular flexibility index (Phi) is 39.2. The molecule has 65 heavy (non-hydrogen) atoms. The van der Waals surface area contributed by atoms with Crippen LogP contribution in [0.25, 0.3) is 0 Å². The Morgan fingerprint density at radius 1 is 0.262 bits per heavy atom. The zero-order chi connectivity index (χ0) is 46.4. The van der Waals surface area contributed by atoms with Crippen molar-refractivity contribution in [1.29, 1.82) is 0 Å². The molecule has 27 nitrogen and oxygen atoms in total. The predicted octanol–water partition coefficient (Wildman–Crippen LogP) is -6.99. The van der Waals surface area contributed by atoms with Gasteiger partial charge in [-0.05, 0) is 42.5 Å². The molecule has 30 heteroatoms. The Balaban J connectivity index is -0.000000210. The monoisotopic (exact) mass is 1400 g/mol. The Morgan fingerprint density at radius 3 is 0.400 bits per heavy atom. The zero-order valence-electron chi connectivity index (χ0n) is 32.9. The van der Waals surface area contributed by atoms with Crippen LogP contribution in [0.3, 0.4) is 0 Å². The number of nitrogens with zero attached hydrogens (tertiary/aromatic N) is 7. The van der Waals surface area contributed by atoms with Crippen molar-refractivity contribution < 1.29 is 203 Å². The van der Waals surface area contributed by atoms with Crippen LogP contribution in [0, 0.1) is 68.6 Å². The van der Waals surface area contributed by atoms with Crippen molar-refractivity contribution >= 4 is 0 Å². The summed E-state index contributed by atoms with van der Waals surface area (Å²) in [7, 11) is -4.94. The predicted molar refractivity (Wildman–Crippen MR) is 186 cm³/mol. The summed E-state index contributed by atoms with van der Waals surface area (Å²) in [6.45, 7) is 0. The van der Waals surface area contributed by atoms with Gasteiger partial charge in [-0.15, -0.1) is 10.2 Å². The van der Waals surface area contributed by atoms with Gasteiger partial charge in [0.05, 0.1) is 42.5 Å². The SMILES string of the molecule is O.O.Oc1cccc[n+]1O.Oc1cccc[n+]1O.Oc1cccc[n+]1O.Oc1cccc[n+]1O.Oc1cccc[n+]1O.Oc1cccc[n+]1O.Oc1cccc[n+]1O.[O-][Cl+3]([O-])([O-])[O-].[Pu].[Pu]. The summed E-state index contributed by atoms with van der Waals surface area (Å²) in [5, 5.41) is 121. The van der Waals surface area contributed by atoms with Gasteiger partial charge in [-0.3, -0.25) is 36.5 Å². The molecule has 0 saturated carbocycles. The fourth-order valence-corrected chi connectivity index (χ4v) is 2.98. The van der Waals surface area contributed by atoms with Gasteiger partial charge in [0, 0.05) is 134 Å². The molecule has 0 unspecified atom stereocenters. The summed E-state index contributed by atoms with van der Waals surface area (Å²) in [6.07, 6.45) is 9.40. The van der Waals surface area contributed by atoms with Crippen LogP contribution in [-0.4, -0.2) is 83.1 Å². The normalized spacial score (nSPS) is 8.68. The second-order valence-electron chi connectivity index (χ2n) is 10.2. The van der Waals surface area contributed by atoms with E-state index in [0.717, 1.165) is 0 Å². The van der Waals surface area contributed by atoms with E-state index in [1.54, 1.807) is 84.9 Å². The zero-order valence-corrected chi connectivity index (χ0v) is 40.4. The number of aromatic hydroxyl groups is 7. The average molecular weight is 1410 g/mol. The molecule has 0 atom stereocenters. The van der Waals surface area contributed by atoms with Crippen LogP contribution in [0.4, 0.5) is 0 Å². The quantitative estimate of drug-likeness (QED) is 0.0496. The van der Waals surface area contributed by atoms with Crippen LogP contribution < -0.4 is 51.7 Å². The summed E-state index contributed by atoms with van der Waals surface area (Å²) in [4.78, 5) is 0. The van der Waals surface area contributed by atoms with Crippen LogP contribution in [-0.2, 0) is 0 Å². The molecular formula is C35H46ClN7O20Pu2+6. The third-order valence-corrected chi connectivity index (χ3v) is 5.73. The smallest absolute Gasteiger partial charge is 0.414 e. The summed E-state index contributed by atoms with van der Waals surface area (Å²) in [5.41, 5.74) is 0. The number of halogens is 1. The molecule has 7 rings (SSSR count). The number of hydrogen-bond donors (Lipinski definition) is 14. The first kappa shape index (κ1) is 67.4. The molecule has 0 saturated heterocycles. The Hall–Kier alpha value is -6.73. The fraction of sp³-hybridized carbons (Fsp3) is 0. The van der Waals surface area contributed by atoms with Gasteiger partial charge < -0.3 is 46.7 Å². The first-order valence-corrected chi connectivity index (χ1v) is 17.2. The summed E-state index contributed by atoms with van der Waals surface area (Å²) < 4.78 is 38.4. The third-order valence-electron chi connectivity index (χ3n) is 5.73. The Bertz CT molecular complexity index is 1710. The molecule has 0 amide bonds. The van der Waals surface area contributed by atoms with Gasteiger partial charge in [0.2, 0.25) is 43.4 Å². The van der Waals surface area contributed by atoms with Gasteiger partial charge in [0.25, 0.3) is 0 Å². The Morgan fingerprint density at radius 2 is 0.354 bits per heavy atom. The summed E-state index contributed by atoms with van der Waals surface area (Å²) >= 11 is 0. The van der Waals surface area contributed by atoms with E-state index in [0.29, 0.717) is 33.1 Å². The fourth-order valence-electron chi connectivity index (χ4n) is 2.98. The van der Waals surface area contributed by atoms with E-state index in [4.69, 9.17) is 90.8 Å². The molecule has 354 valence electrons. The van der Waals surface area contributed by atoms with E-state index in [-0.39, 0.29) is 110 Å². The minimum atomic E-state index is -4.94. The van der Waals surface area contributed by atoms with Crippen LogP contribution in [0.2, 0.25) is 0 Å². The van der Waals surface area contributed by atoms with Gasteiger partial charge in [0.15, 0.2) is 0 Å². The van der Waals surface area contributed by atoms with Gasteiger partial charge in [0.1, 0.15) is 0 Å². The van der Waals surface area contributed by atoms with Crippen LogP contribution in [0.5, 0.6) is 41.2 Å². The van der Waals surface area contributed by atoms with E-state index in [1.165, 1.54) is 85.8 Å². The molecule has 0 aliphatic carbocycles. The van der Waals surface area contributed by atoms with E-state index in [2.05, 4.69) is 0 Å². The van der Waals surface area contributed by atoms with Crippen LogP contribution in [0.15, 0.2) is 171 Å². The first-order valence-electron chi connectivity index (χ1n) is 16.0. The van der Waals surface area contributed by atoms with Gasteiger partial charge in [-0.1, -0.05) is 0 Å². The molecule has 0 aliphatic rings. The molecule has 7 aromatic rings. The van der Waals surface area contributed by atoms with E-state index >= 15 is 0 Å². The van der Waals surface area contributed by atoms with E-state index in [9.17, 15) is 0 Å². The summed E-state index contributed by atoms with van der Waals surface area (Å²) in [5.74, 6) is -1.12. The van der Waals surface area contributed by atoms with Crippen molar-refractivity contribution in [3.8, 4) is 41.2 Å². The minimum absolute atomic E-state index is 0. The van der Waals surface area contributed by atoms with Crippen molar-refractivity contribution in [3.05, 3.63) is 171 Å². The van der Waals surface area contributed by atoms with Crippen molar-refractivity contribution in [3.63, 3.8) is 0 Å². The van der Waals surface area contributed by atoms with Crippen molar-refractivity contribution in [2.24, 2.45) is 0 Å². The molecular weight excluding hydrogens is 1360 g/mol. The molecule has 0 aliphatic heterocycles.